The van der Waals surface area contributed by atoms with Gasteiger partial charge >= 0.3 is 0 Å². The van der Waals surface area contributed by atoms with Gasteiger partial charge in [0.2, 0.25) is 0 Å². The summed E-state index contributed by atoms with van der Waals surface area (Å²) in [4.78, 5) is 14.5. The Bertz CT molecular complexity index is 471. The van der Waals surface area contributed by atoms with Crippen molar-refractivity contribution in [2.75, 3.05) is 17.3 Å². The lowest BCUT2D eigenvalue weighted by Gasteiger charge is -2.24. The second-order valence-electron chi connectivity index (χ2n) is 5.37. The van der Waals surface area contributed by atoms with Gasteiger partial charge in [0, 0.05) is 6.54 Å². The number of aromatic nitrogens is 1. The molecule has 0 bridgehead atoms. The Labute approximate surface area is 111 Å². The molecule has 1 aromatic rings. The molecule has 7 nitrogen and oxygen atoms in total. The second-order valence-corrected chi connectivity index (χ2v) is 5.37. The summed E-state index contributed by atoms with van der Waals surface area (Å²) in [5.74, 6) is 6.04. The van der Waals surface area contributed by atoms with Crippen molar-refractivity contribution in [3.63, 3.8) is 0 Å². The zero-order valence-electron chi connectivity index (χ0n) is 11.0. The normalized spacial score (nSPS) is 17.2. The van der Waals surface area contributed by atoms with Crippen molar-refractivity contribution in [3.05, 3.63) is 22.2 Å². The first kappa shape index (κ1) is 13.5. The van der Waals surface area contributed by atoms with Crippen LogP contribution in [0.15, 0.2) is 12.1 Å². The van der Waals surface area contributed by atoms with E-state index in [0.717, 1.165) is 6.54 Å². The first-order valence-corrected chi connectivity index (χ1v) is 6.39. The highest BCUT2D eigenvalue weighted by Gasteiger charge is 2.28. The number of anilines is 2. The Morgan fingerprint density at radius 3 is 2.63 bits per heavy atom. The first-order chi connectivity index (χ1) is 9.02. The van der Waals surface area contributed by atoms with Crippen molar-refractivity contribution >= 4 is 17.3 Å². The molecule has 1 heterocycles. The van der Waals surface area contributed by atoms with Gasteiger partial charge in [-0.15, -0.1) is 0 Å². The van der Waals surface area contributed by atoms with Crippen LogP contribution in [-0.2, 0) is 0 Å². The SMILES string of the molecule is CC1(CNc2cc([N+](=O)[O-])cc(NN)n2)CCCC1. The predicted octanol–water partition coefficient (Wildman–Crippen LogP) is 2.27. The Kier molecular flexibility index (Phi) is 3.84. The molecule has 1 aliphatic carbocycles. The molecule has 0 atom stereocenters. The standard InChI is InChI=1S/C12H19N5O2/c1-12(4-2-3-5-12)8-14-10-6-9(17(18)19)7-11(15-10)16-13/h6-7H,2-5,8,13H2,1H3,(H2,14,15,16). The third kappa shape index (κ3) is 3.31. The molecule has 0 aromatic carbocycles. The summed E-state index contributed by atoms with van der Waals surface area (Å²) >= 11 is 0. The van der Waals surface area contributed by atoms with Crippen LogP contribution in [0.3, 0.4) is 0 Å². The third-order valence-electron chi connectivity index (χ3n) is 3.68. The number of nitrogens with two attached hydrogens (primary N) is 1. The maximum Gasteiger partial charge on any atom is 0.276 e. The highest BCUT2D eigenvalue weighted by molar-refractivity contribution is 5.54. The van der Waals surface area contributed by atoms with Gasteiger partial charge < -0.3 is 10.7 Å². The van der Waals surface area contributed by atoms with Crippen LogP contribution in [0.1, 0.15) is 32.6 Å². The minimum atomic E-state index is -0.453. The number of hydrogen-bond donors (Lipinski definition) is 3. The van der Waals surface area contributed by atoms with E-state index in [1.165, 1.54) is 37.8 Å². The van der Waals surface area contributed by atoms with Crippen molar-refractivity contribution in [1.82, 2.24) is 4.98 Å². The summed E-state index contributed by atoms with van der Waals surface area (Å²) in [5.41, 5.74) is 2.57. The molecule has 0 spiro atoms. The quantitative estimate of drug-likeness (QED) is 0.428. The number of nitrogens with one attached hydrogen (secondary N) is 2. The third-order valence-corrected chi connectivity index (χ3v) is 3.68. The van der Waals surface area contributed by atoms with Crippen LogP contribution < -0.4 is 16.6 Å². The average Bonchev–Trinajstić information content (AvgIpc) is 2.83. The summed E-state index contributed by atoms with van der Waals surface area (Å²) in [5, 5.41) is 14.0. The zero-order valence-corrected chi connectivity index (χ0v) is 11.0. The zero-order chi connectivity index (χ0) is 13.9. The number of pyridine rings is 1. The smallest absolute Gasteiger partial charge is 0.276 e. The molecule has 7 heteroatoms. The lowest BCUT2D eigenvalue weighted by molar-refractivity contribution is -0.384. The van der Waals surface area contributed by atoms with Gasteiger partial charge in [-0.25, -0.2) is 10.8 Å². The molecule has 0 saturated heterocycles. The van der Waals surface area contributed by atoms with E-state index < -0.39 is 4.92 Å². The lowest BCUT2D eigenvalue weighted by Crippen LogP contribution is -2.23. The fourth-order valence-corrected chi connectivity index (χ4v) is 2.50. The second kappa shape index (κ2) is 5.40. The minimum Gasteiger partial charge on any atom is -0.369 e. The molecule has 0 radical (unpaired) electrons. The molecule has 1 aromatic heterocycles. The lowest BCUT2D eigenvalue weighted by atomic mass is 9.89. The molecule has 0 amide bonds. The first-order valence-electron chi connectivity index (χ1n) is 6.39. The number of nitro groups is 1. The fourth-order valence-electron chi connectivity index (χ4n) is 2.50. The molecule has 0 aliphatic heterocycles. The Balaban J connectivity index is 2.10. The van der Waals surface area contributed by atoms with Gasteiger partial charge in [-0.3, -0.25) is 10.1 Å². The van der Waals surface area contributed by atoms with Gasteiger partial charge in [-0.2, -0.15) is 0 Å². The maximum absolute atomic E-state index is 10.8. The van der Waals surface area contributed by atoms with Crippen LogP contribution in [0, 0.1) is 15.5 Å². The molecular formula is C12H19N5O2. The van der Waals surface area contributed by atoms with E-state index in [2.05, 4.69) is 22.7 Å². The summed E-state index contributed by atoms with van der Waals surface area (Å²) in [6.45, 7) is 3.00. The van der Waals surface area contributed by atoms with E-state index in [0.29, 0.717) is 5.82 Å². The van der Waals surface area contributed by atoms with Crippen LogP contribution >= 0.6 is 0 Å². The van der Waals surface area contributed by atoms with Crippen LogP contribution in [0.2, 0.25) is 0 Å². The van der Waals surface area contributed by atoms with Crippen LogP contribution in [-0.4, -0.2) is 16.5 Å². The molecule has 1 saturated carbocycles. The van der Waals surface area contributed by atoms with Gasteiger partial charge in [0.05, 0.1) is 17.1 Å². The highest BCUT2D eigenvalue weighted by Crippen LogP contribution is 2.37. The molecule has 104 valence electrons. The van der Waals surface area contributed by atoms with E-state index in [4.69, 9.17) is 5.84 Å². The topological polar surface area (TPSA) is 106 Å². The van der Waals surface area contributed by atoms with Crippen LogP contribution in [0.25, 0.3) is 0 Å². The summed E-state index contributed by atoms with van der Waals surface area (Å²) in [6, 6.07) is 2.74. The Morgan fingerprint density at radius 1 is 1.42 bits per heavy atom. The number of hydrazine groups is 1. The molecule has 1 fully saturated rings. The van der Waals surface area contributed by atoms with Crippen molar-refractivity contribution in [3.8, 4) is 0 Å². The summed E-state index contributed by atoms with van der Waals surface area (Å²) in [7, 11) is 0. The maximum atomic E-state index is 10.8. The highest BCUT2D eigenvalue weighted by atomic mass is 16.6. The minimum absolute atomic E-state index is 0.0259. The van der Waals surface area contributed by atoms with Gasteiger partial charge in [0.1, 0.15) is 11.6 Å². The van der Waals surface area contributed by atoms with E-state index in [9.17, 15) is 10.1 Å². The van der Waals surface area contributed by atoms with E-state index in [1.807, 2.05) is 0 Å². The summed E-state index contributed by atoms with van der Waals surface area (Å²) < 4.78 is 0. The van der Waals surface area contributed by atoms with E-state index in [1.54, 1.807) is 0 Å². The van der Waals surface area contributed by atoms with Gasteiger partial charge in [-0.1, -0.05) is 19.8 Å². The molecule has 19 heavy (non-hydrogen) atoms. The van der Waals surface area contributed by atoms with Crippen molar-refractivity contribution in [2.45, 2.75) is 32.6 Å². The van der Waals surface area contributed by atoms with Crippen molar-refractivity contribution in [2.24, 2.45) is 11.3 Å². The molecule has 2 rings (SSSR count). The largest absolute Gasteiger partial charge is 0.369 e. The fraction of sp³-hybridized carbons (Fsp3) is 0.583. The Morgan fingerprint density at radius 2 is 2.05 bits per heavy atom. The summed E-state index contributed by atoms with van der Waals surface area (Å²) in [6.07, 6.45) is 4.85. The van der Waals surface area contributed by atoms with Crippen molar-refractivity contribution in [1.29, 1.82) is 0 Å². The predicted molar refractivity (Wildman–Crippen MR) is 73.8 cm³/mol. The average molecular weight is 265 g/mol. The number of nitrogens with zero attached hydrogens (tertiary/aromatic N) is 2. The number of hydrogen-bond acceptors (Lipinski definition) is 6. The number of nitrogen functional groups attached to an aromatic ring is 1. The molecule has 1 aliphatic rings. The van der Waals surface area contributed by atoms with Crippen LogP contribution in [0.5, 0.6) is 0 Å². The van der Waals surface area contributed by atoms with Gasteiger partial charge in [0.25, 0.3) is 5.69 Å². The molecular weight excluding hydrogens is 246 g/mol. The molecule has 0 unspecified atom stereocenters. The van der Waals surface area contributed by atoms with Gasteiger partial charge in [-0.05, 0) is 18.3 Å². The molecule has 4 N–H and O–H groups in total. The van der Waals surface area contributed by atoms with E-state index in [-0.39, 0.29) is 16.9 Å². The monoisotopic (exact) mass is 265 g/mol. The Hall–Kier alpha value is -1.89. The van der Waals surface area contributed by atoms with Crippen molar-refractivity contribution < 1.29 is 4.92 Å². The van der Waals surface area contributed by atoms with Gasteiger partial charge in [0.15, 0.2) is 0 Å². The van der Waals surface area contributed by atoms with Crippen LogP contribution in [0.4, 0.5) is 17.3 Å². The number of rotatable bonds is 5. The van der Waals surface area contributed by atoms with E-state index >= 15 is 0 Å².